The Morgan fingerprint density at radius 2 is 0.913 bits per heavy atom. The molecule has 0 aromatic carbocycles. The number of carbonyl (C=O) groups is 1. The van der Waals surface area contributed by atoms with Crippen LogP contribution in [0.25, 0.3) is 0 Å². The third-order valence-corrected chi connectivity index (χ3v) is 12.3. The van der Waals surface area contributed by atoms with Gasteiger partial charge >= 0.3 is 0 Å². The molecule has 0 bridgehead atoms. The molecule has 0 aromatic heterocycles. The first kappa shape index (κ1) is 63.9. The fourth-order valence-electron chi connectivity index (χ4n) is 7.96. The molecule has 1 fully saturated rings. The number of hydrogen-bond acceptors (Lipinski definition) is 8. The summed E-state index contributed by atoms with van der Waals surface area (Å²) in [6, 6.07) is -0.845. The number of hydrogen-bond donors (Lipinski definition) is 6. The molecule has 394 valence electrons. The molecule has 7 unspecified atom stereocenters. The van der Waals surface area contributed by atoms with Gasteiger partial charge in [0.05, 0.1) is 25.4 Å². The van der Waals surface area contributed by atoms with Crippen LogP contribution in [0.2, 0.25) is 0 Å². The van der Waals surface area contributed by atoms with E-state index in [4.69, 9.17) is 9.47 Å². The molecular formula is C60H101NO8. The van der Waals surface area contributed by atoms with E-state index in [1.54, 1.807) is 6.08 Å². The van der Waals surface area contributed by atoms with Gasteiger partial charge in [-0.1, -0.05) is 213 Å². The van der Waals surface area contributed by atoms with Gasteiger partial charge in [0.25, 0.3) is 0 Å². The first-order valence-electron chi connectivity index (χ1n) is 27.6. The SMILES string of the molecule is CC/C=C\C/C=C\C/C=C\C/C=C\C/C=C\C/C=C\CCCCCCCCC(=O)NC(COC1OC(CO)C(O)C(O)C1O)C(O)/C=C/CC/C=C/CC/C=C/CCCCCCCCCCCCC. The molecule has 7 atom stereocenters. The van der Waals surface area contributed by atoms with Crippen LogP contribution in [-0.2, 0) is 14.3 Å². The maximum Gasteiger partial charge on any atom is 0.220 e. The zero-order chi connectivity index (χ0) is 50.1. The van der Waals surface area contributed by atoms with Crippen LogP contribution in [-0.4, -0.2) is 87.5 Å². The van der Waals surface area contributed by atoms with Crippen LogP contribution in [0.5, 0.6) is 0 Å². The molecule has 9 nitrogen and oxygen atoms in total. The van der Waals surface area contributed by atoms with E-state index in [2.05, 4.69) is 116 Å². The lowest BCUT2D eigenvalue weighted by Gasteiger charge is -2.40. The van der Waals surface area contributed by atoms with Gasteiger partial charge in [-0.05, 0) is 96.3 Å². The highest BCUT2D eigenvalue weighted by Crippen LogP contribution is 2.22. The lowest BCUT2D eigenvalue weighted by atomic mass is 9.99. The topological polar surface area (TPSA) is 149 Å². The Labute approximate surface area is 421 Å². The van der Waals surface area contributed by atoms with Crippen molar-refractivity contribution in [2.75, 3.05) is 13.2 Å². The number of rotatable bonds is 45. The predicted octanol–water partition coefficient (Wildman–Crippen LogP) is 13.4. The lowest BCUT2D eigenvalue weighted by Crippen LogP contribution is -2.60. The third-order valence-electron chi connectivity index (χ3n) is 12.3. The van der Waals surface area contributed by atoms with Crippen LogP contribution < -0.4 is 5.32 Å². The molecule has 1 saturated heterocycles. The Kier molecular flexibility index (Phi) is 44.9. The summed E-state index contributed by atoms with van der Waals surface area (Å²) in [5.41, 5.74) is 0. The zero-order valence-corrected chi connectivity index (χ0v) is 43.5. The van der Waals surface area contributed by atoms with Gasteiger partial charge in [0, 0.05) is 6.42 Å². The van der Waals surface area contributed by atoms with Crippen molar-refractivity contribution in [2.45, 2.75) is 249 Å². The first-order chi connectivity index (χ1) is 33.8. The number of allylic oxidation sites excluding steroid dienone is 17. The molecule has 1 aliphatic heterocycles. The highest BCUT2D eigenvalue weighted by molar-refractivity contribution is 5.76. The van der Waals surface area contributed by atoms with E-state index in [0.717, 1.165) is 116 Å². The summed E-state index contributed by atoms with van der Waals surface area (Å²) in [5.74, 6) is -0.210. The monoisotopic (exact) mass is 964 g/mol. The molecule has 1 heterocycles. The molecule has 0 radical (unpaired) electrons. The van der Waals surface area contributed by atoms with Crippen molar-refractivity contribution in [1.29, 1.82) is 0 Å². The van der Waals surface area contributed by atoms with E-state index in [9.17, 15) is 30.3 Å². The number of aliphatic hydroxyl groups excluding tert-OH is 5. The van der Waals surface area contributed by atoms with E-state index < -0.39 is 49.5 Å². The highest BCUT2D eigenvalue weighted by Gasteiger charge is 2.44. The van der Waals surface area contributed by atoms with E-state index in [-0.39, 0.29) is 12.5 Å². The molecule has 9 heteroatoms. The Balaban J connectivity index is 2.33. The lowest BCUT2D eigenvalue weighted by molar-refractivity contribution is -0.302. The van der Waals surface area contributed by atoms with Crippen LogP contribution in [0.3, 0.4) is 0 Å². The smallest absolute Gasteiger partial charge is 0.220 e. The summed E-state index contributed by atoms with van der Waals surface area (Å²) in [5, 5.41) is 54.4. The molecule has 1 aliphatic rings. The molecule has 1 amide bonds. The summed E-state index contributed by atoms with van der Waals surface area (Å²) in [4.78, 5) is 13.0. The van der Waals surface area contributed by atoms with Crippen molar-refractivity contribution in [3.63, 3.8) is 0 Å². The minimum Gasteiger partial charge on any atom is -0.394 e. The fourth-order valence-corrected chi connectivity index (χ4v) is 7.96. The second-order valence-electron chi connectivity index (χ2n) is 18.6. The van der Waals surface area contributed by atoms with Gasteiger partial charge in [-0.15, -0.1) is 0 Å². The Morgan fingerprint density at radius 3 is 1.39 bits per heavy atom. The van der Waals surface area contributed by atoms with Crippen LogP contribution in [0.15, 0.2) is 109 Å². The van der Waals surface area contributed by atoms with Gasteiger partial charge in [0.15, 0.2) is 6.29 Å². The average molecular weight is 964 g/mol. The van der Waals surface area contributed by atoms with E-state index in [1.165, 1.54) is 70.6 Å². The number of ether oxygens (including phenoxy) is 2. The molecule has 0 aromatic rings. The van der Waals surface area contributed by atoms with Crippen LogP contribution in [0.4, 0.5) is 0 Å². The number of aliphatic hydroxyl groups is 5. The predicted molar refractivity (Wildman–Crippen MR) is 290 cm³/mol. The maximum atomic E-state index is 13.0. The van der Waals surface area contributed by atoms with Crippen molar-refractivity contribution in [1.82, 2.24) is 5.32 Å². The number of carbonyl (C=O) groups excluding carboxylic acids is 1. The molecule has 0 spiro atoms. The van der Waals surface area contributed by atoms with Crippen molar-refractivity contribution in [3.8, 4) is 0 Å². The van der Waals surface area contributed by atoms with Gasteiger partial charge in [0.2, 0.25) is 5.91 Å². The van der Waals surface area contributed by atoms with Gasteiger partial charge in [-0.2, -0.15) is 0 Å². The van der Waals surface area contributed by atoms with Gasteiger partial charge in [-0.3, -0.25) is 4.79 Å². The third kappa shape index (κ3) is 38.2. The highest BCUT2D eigenvalue weighted by atomic mass is 16.7. The average Bonchev–Trinajstić information content (AvgIpc) is 3.35. The normalized spacial score (nSPS) is 20.4. The van der Waals surface area contributed by atoms with Gasteiger partial charge in [0.1, 0.15) is 24.4 Å². The summed E-state index contributed by atoms with van der Waals surface area (Å²) in [7, 11) is 0. The van der Waals surface area contributed by atoms with Crippen LogP contribution in [0, 0.1) is 0 Å². The van der Waals surface area contributed by atoms with Gasteiger partial charge in [-0.25, -0.2) is 0 Å². The minimum atomic E-state index is -1.58. The van der Waals surface area contributed by atoms with Gasteiger partial charge < -0.3 is 40.3 Å². The van der Waals surface area contributed by atoms with Crippen molar-refractivity contribution in [3.05, 3.63) is 109 Å². The van der Waals surface area contributed by atoms with Crippen molar-refractivity contribution < 1.29 is 39.8 Å². The van der Waals surface area contributed by atoms with E-state index in [1.807, 2.05) is 6.08 Å². The standard InChI is InChI=1S/C60H101NO8/c1-3-5-7-9-11-13-15-17-19-21-23-25-26-27-28-30-32-34-36-38-40-42-44-46-48-50-56(64)61-53(52-68-60-59(67)58(66)57(65)55(51-62)69-60)54(63)49-47-45-43-41-39-37-35-33-31-29-24-22-20-18-16-14-12-10-8-6-4-2/h5,7,11,13,17,19,23,25,27-28,31-34,39,41,47,49,53-55,57-60,62-63,65-67H,3-4,6,8-10,12,14-16,18,20-22,24,26,29-30,35-38,40,42-46,48,50-52H2,1-2H3,(H,61,64)/b7-5-,13-11-,19-17-,25-23-,28-27-,33-31+,34-32-,41-39+,49-47+. The summed E-state index contributed by atoms with van der Waals surface area (Å²) in [6.07, 6.45) is 64.2. The fraction of sp³-hybridized carbons (Fsp3) is 0.683. The van der Waals surface area contributed by atoms with Crippen LogP contribution in [0.1, 0.15) is 206 Å². The van der Waals surface area contributed by atoms with Crippen LogP contribution >= 0.6 is 0 Å². The van der Waals surface area contributed by atoms with Crippen molar-refractivity contribution >= 4 is 5.91 Å². The minimum absolute atomic E-state index is 0.210. The number of nitrogens with one attached hydrogen (secondary N) is 1. The van der Waals surface area contributed by atoms with Crippen molar-refractivity contribution in [2.24, 2.45) is 0 Å². The summed E-state index contributed by atoms with van der Waals surface area (Å²) < 4.78 is 11.2. The number of amides is 1. The summed E-state index contributed by atoms with van der Waals surface area (Å²) in [6.45, 7) is 3.63. The maximum absolute atomic E-state index is 13.0. The number of unbranched alkanes of at least 4 members (excludes halogenated alkanes) is 19. The zero-order valence-electron chi connectivity index (χ0n) is 43.5. The molecule has 6 N–H and O–H groups in total. The largest absolute Gasteiger partial charge is 0.394 e. The Bertz CT molecular complexity index is 1440. The van der Waals surface area contributed by atoms with E-state index in [0.29, 0.717) is 6.42 Å². The molecule has 0 saturated carbocycles. The Hall–Kier alpha value is -3.15. The molecule has 69 heavy (non-hydrogen) atoms. The molecular weight excluding hydrogens is 863 g/mol. The second-order valence-corrected chi connectivity index (χ2v) is 18.6. The Morgan fingerprint density at radius 1 is 0.507 bits per heavy atom. The quantitative estimate of drug-likeness (QED) is 0.0261. The first-order valence-corrected chi connectivity index (χ1v) is 27.6. The summed E-state index contributed by atoms with van der Waals surface area (Å²) >= 11 is 0. The van der Waals surface area contributed by atoms with E-state index >= 15 is 0 Å². The molecule has 1 rings (SSSR count). The molecule has 0 aliphatic carbocycles. The second kappa shape index (κ2) is 48.5.